The van der Waals surface area contributed by atoms with Crippen LogP contribution in [0.25, 0.3) is 0 Å². The van der Waals surface area contributed by atoms with Gasteiger partial charge in [-0.15, -0.1) is 0 Å². The number of aliphatic imine (C=N–C) groups is 1. The standard InChI is InChI=1S/C11H13ClN4/c1-8(11-13-6-7-14-11)15-16-10-4-2-9(12)3-5-10/h2-5,16H,6-7H2,1H3,(H,13,14)/b15-8+. The summed E-state index contributed by atoms with van der Waals surface area (Å²) in [4.78, 5) is 4.28. The Bertz CT molecular complexity index is 422. The Morgan fingerprint density at radius 3 is 2.81 bits per heavy atom. The molecule has 16 heavy (non-hydrogen) atoms. The maximum atomic E-state index is 5.79. The van der Waals surface area contributed by atoms with Crippen LogP contribution in [-0.2, 0) is 0 Å². The van der Waals surface area contributed by atoms with Crippen molar-refractivity contribution >= 4 is 28.8 Å². The lowest BCUT2D eigenvalue weighted by Gasteiger charge is -2.03. The molecule has 5 heteroatoms. The fourth-order valence-corrected chi connectivity index (χ4v) is 1.49. The van der Waals surface area contributed by atoms with Crippen molar-refractivity contribution in [3.8, 4) is 0 Å². The molecular formula is C11H13ClN4. The van der Waals surface area contributed by atoms with Gasteiger partial charge in [-0.1, -0.05) is 11.6 Å². The average molecular weight is 237 g/mol. The van der Waals surface area contributed by atoms with Crippen molar-refractivity contribution in [3.05, 3.63) is 29.3 Å². The number of nitrogens with one attached hydrogen (secondary N) is 2. The molecule has 0 radical (unpaired) electrons. The highest BCUT2D eigenvalue weighted by molar-refractivity contribution is 6.41. The number of benzene rings is 1. The molecule has 2 rings (SSSR count). The van der Waals surface area contributed by atoms with Crippen molar-refractivity contribution < 1.29 is 0 Å². The quantitative estimate of drug-likeness (QED) is 0.624. The van der Waals surface area contributed by atoms with Gasteiger partial charge < -0.3 is 5.32 Å². The zero-order valence-electron chi connectivity index (χ0n) is 9.00. The first kappa shape index (κ1) is 11.0. The molecule has 1 aromatic carbocycles. The van der Waals surface area contributed by atoms with Crippen molar-refractivity contribution in [2.24, 2.45) is 10.1 Å². The minimum absolute atomic E-state index is 0.716. The van der Waals surface area contributed by atoms with Crippen molar-refractivity contribution in [3.63, 3.8) is 0 Å². The summed E-state index contributed by atoms with van der Waals surface area (Å²) in [5, 5.41) is 8.11. The molecule has 0 fully saturated rings. The summed E-state index contributed by atoms with van der Waals surface area (Å²) in [6.45, 7) is 3.63. The maximum absolute atomic E-state index is 5.79. The Morgan fingerprint density at radius 1 is 1.44 bits per heavy atom. The molecule has 1 aliphatic rings. The second-order valence-electron chi connectivity index (χ2n) is 3.47. The number of halogens is 1. The van der Waals surface area contributed by atoms with E-state index in [0.717, 1.165) is 30.3 Å². The van der Waals surface area contributed by atoms with Gasteiger partial charge >= 0.3 is 0 Å². The highest BCUT2D eigenvalue weighted by Gasteiger charge is 2.07. The van der Waals surface area contributed by atoms with Gasteiger partial charge in [0.1, 0.15) is 5.84 Å². The lowest BCUT2D eigenvalue weighted by Crippen LogP contribution is -2.25. The Kier molecular flexibility index (Phi) is 3.41. The van der Waals surface area contributed by atoms with Crippen LogP contribution in [0.15, 0.2) is 34.4 Å². The highest BCUT2D eigenvalue weighted by atomic mass is 35.5. The summed E-state index contributed by atoms with van der Waals surface area (Å²) >= 11 is 5.79. The number of hydrogen-bond donors (Lipinski definition) is 2. The van der Waals surface area contributed by atoms with Crippen LogP contribution < -0.4 is 10.7 Å². The Balaban J connectivity index is 2.00. The third-order valence-corrected chi connectivity index (χ3v) is 2.47. The molecule has 0 amide bonds. The molecule has 0 saturated heterocycles. The minimum Gasteiger partial charge on any atom is -0.367 e. The number of anilines is 1. The summed E-state index contributed by atoms with van der Waals surface area (Å²) < 4.78 is 0. The van der Waals surface area contributed by atoms with Crippen LogP contribution in [0.1, 0.15) is 6.92 Å². The first-order valence-electron chi connectivity index (χ1n) is 5.10. The molecule has 0 aliphatic carbocycles. The van der Waals surface area contributed by atoms with Crippen LogP contribution >= 0.6 is 11.6 Å². The zero-order valence-corrected chi connectivity index (χ0v) is 9.75. The van der Waals surface area contributed by atoms with Gasteiger partial charge in [0.2, 0.25) is 0 Å². The fraction of sp³-hybridized carbons (Fsp3) is 0.273. The predicted molar refractivity (Wildman–Crippen MR) is 68.5 cm³/mol. The van der Waals surface area contributed by atoms with Gasteiger partial charge in [0.05, 0.1) is 17.9 Å². The molecule has 0 saturated carbocycles. The van der Waals surface area contributed by atoms with E-state index in [2.05, 4.69) is 20.8 Å². The van der Waals surface area contributed by atoms with E-state index in [1.165, 1.54) is 0 Å². The number of nitrogens with zero attached hydrogens (tertiary/aromatic N) is 2. The normalized spacial score (nSPS) is 15.6. The SMILES string of the molecule is C/C(=N\Nc1ccc(Cl)cc1)C1=NCCN1. The molecule has 1 heterocycles. The van der Waals surface area contributed by atoms with Gasteiger partial charge in [-0.25, -0.2) is 0 Å². The monoisotopic (exact) mass is 236 g/mol. The van der Waals surface area contributed by atoms with Crippen molar-refractivity contribution in [1.82, 2.24) is 5.32 Å². The van der Waals surface area contributed by atoms with Crippen molar-refractivity contribution in [2.75, 3.05) is 18.5 Å². The Hall–Kier alpha value is -1.55. The Morgan fingerprint density at radius 2 is 2.19 bits per heavy atom. The van der Waals surface area contributed by atoms with E-state index < -0.39 is 0 Å². The summed E-state index contributed by atoms with van der Waals surface area (Å²) in [5.41, 5.74) is 4.72. The number of amidine groups is 1. The molecule has 0 unspecified atom stereocenters. The van der Waals surface area contributed by atoms with E-state index in [4.69, 9.17) is 11.6 Å². The van der Waals surface area contributed by atoms with E-state index in [1.54, 1.807) is 0 Å². The second-order valence-corrected chi connectivity index (χ2v) is 3.91. The van der Waals surface area contributed by atoms with Gasteiger partial charge in [-0.3, -0.25) is 10.4 Å². The van der Waals surface area contributed by atoms with Crippen LogP contribution in [0, 0.1) is 0 Å². The van der Waals surface area contributed by atoms with Crippen molar-refractivity contribution in [1.29, 1.82) is 0 Å². The number of hydrazone groups is 1. The summed E-state index contributed by atoms with van der Waals surface area (Å²) in [5.74, 6) is 0.862. The third kappa shape index (κ3) is 2.73. The lowest BCUT2D eigenvalue weighted by atomic mass is 10.3. The van der Waals surface area contributed by atoms with Gasteiger partial charge in [0.15, 0.2) is 0 Å². The van der Waals surface area contributed by atoms with Crippen LogP contribution in [0.3, 0.4) is 0 Å². The topological polar surface area (TPSA) is 48.8 Å². The molecule has 2 N–H and O–H groups in total. The largest absolute Gasteiger partial charge is 0.367 e. The smallest absolute Gasteiger partial charge is 0.144 e. The second kappa shape index (κ2) is 4.99. The average Bonchev–Trinajstić information content (AvgIpc) is 2.81. The molecule has 1 aliphatic heterocycles. The fourth-order valence-electron chi connectivity index (χ4n) is 1.37. The molecule has 1 aromatic rings. The van der Waals surface area contributed by atoms with Crippen molar-refractivity contribution in [2.45, 2.75) is 6.92 Å². The van der Waals surface area contributed by atoms with E-state index in [-0.39, 0.29) is 0 Å². The minimum atomic E-state index is 0.716. The molecule has 4 nitrogen and oxygen atoms in total. The van der Waals surface area contributed by atoms with Crippen LogP contribution in [0.2, 0.25) is 5.02 Å². The molecule has 84 valence electrons. The summed E-state index contributed by atoms with van der Waals surface area (Å²) in [6, 6.07) is 7.39. The summed E-state index contributed by atoms with van der Waals surface area (Å²) in [6.07, 6.45) is 0. The van der Waals surface area contributed by atoms with Crippen LogP contribution in [0.5, 0.6) is 0 Å². The maximum Gasteiger partial charge on any atom is 0.144 e. The van der Waals surface area contributed by atoms with Gasteiger partial charge in [0.25, 0.3) is 0 Å². The molecule has 0 aromatic heterocycles. The third-order valence-electron chi connectivity index (χ3n) is 2.21. The van der Waals surface area contributed by atoms with E-state index in [9.17, 15) is 0 Å². The summed E-state index contributed by atoms with van der Waals surface area (Å²) in [7, 11) is 0. The molecule has 0 atom stereocenters. The van der Waals surface area contributed by atoms with E-state index in [1.807, 2.05) is 31.2 Å². The number of rotatable bonds is 3. The first-order valence-corrected chi connectivity index (χ1v) is 5.48. The highest BCUT2D eigenvalue weighted by Crippen LogP contribution is 2.13. The van der Waals surface area contributed by atoms with E-state index >= 15 is 0 Å². The zero-order chi connectivity index (χ0) is 11.4. The first-order chi connectivity index (χ1) is 7.75. The molecule has 0 spiro atoms. The van der Waals surface area contributed by atoms with Gasteiger partial charge in [-0.2, -0.15) is 5.10 Å². The van der Waals surface area contributed by atoms with Crippen LogP contribution in [0.4, 0.5) is 5.69 Å². The van der Waals surface area contributed by atoms with E-state index in [0.29, 0.717) is 5.02 Å². The van der Waals surface area contributed by atoms with Gasteiger partial charge in [0, 0.05) is 11.6 Å². The predicted octanol–water partition coefficient (Wildman–Crippen LogP) is 2.13. The lowest BCUT2D eigenvalue weighted by molar-refractivity contribution is 0.962. The Labute approximate surface area is 99.4 Å². The van der Waals surface area contributed by atoms with Crippen LogP contribution in [-0.4, -0.2) is 24.6 Å². The van der Waals surface area contributed by atoms with Gasteiger partial charge in [-0.05, 0) is 31.2 Å². The number of hydrogen-bond acceptors (Lipinski definition) is 4. The molecule has 0 bridgehead atoms. The molecular weight excluding hydrogens is 224 g/mol.